The molecule has 1 aliphatic heterocycles. The van der Waals surface area contributed by atoms with Crippen LogP contribution < -0.4 is 5.32 Å². The average Bonchev–Trinajstić information content (AvgIpc) is 2.74. The Hall–Kier alpha value is -0.970. The first-order valence-electron chi connectivity index (χ1n) is 6.12. The number of thiazole rings is 1. The van der Waals surface area contributed by atoms with Crippen molar-refractivity contribution in [1.29, 1.82) is 0 Å². The van der Waals surface area contributed by atoms with Gasteiger partial charge in [-0.15, -0.1) is 11.3 Å². The van der Waals surface area contributed by atoms with Crippen LogP contribution >= 0.6 is 11.3 Å². The summed E-state index contributed by atoms with van der Waals surface area (Å²) in [6, 6.07) is 8.99. The summed E-state index contributed by atoms with van der Waals surface area (Å²) in [6.07, 6.45) is 0. The molecule has 0 amide bonds. The lowest BCUT2D eigenvalue weighted by molar-refractivity contribution is 0.165. The fourth-order valence-corrected chi connectivity index (χ4v) is 3.27. The summed E-state index contributed by atoms with van der Waals surface area (Å²) < 4.78 is 1.30. The van der Waals surface area contributed by atoms with E-state index in [2.05, 4.69) is 41.4 Å². The van der Waals surface area contributed by atoms with Crippen LogP contribution in [-0.2, 0) is 6.54 Å². The topological polar surface area (TPSA) is 28.2 Å². The van der Waals surface area contributed by atoms with E-state index in [9.17, 15) is 0 Å². The molecule has 2 aromatic rings. The zero-order valence-electron chi connectivity index (χ0n) is 10.0. The summed E-state index contributed by atoms with van der Waals surface area (Å²) >= 11 is 1.82. The van der Waals surface area contributed by atoms with Gasteiger partial charge in [-0.2, -0.15) is 0 Å². The molecule has 0 bridgehead atoms. The molecule has 90 valence electrons. The van der Waals surface area contributed by atoms with E-state index >= 15 is 0 Å². The highest BCUT2D eigenvalue weighted by Crippen LogP contribution is 2.23. The second kappa shape index (κ2) is 4.72. The molecule has 1 aliphatic rings. The Balaban J connectivity index is 1.79. The molecule has 4 heteroatoms. The largest absolute Gasteiger partial charge is 0.314 e. The predicted octanol–water partition coefficient (Wildman–Crippen LogP) is 2.09. The molecule has 1 N–H and O–H groups in total. The number of nitrogens with zero attached hydrogens (tertiary/aromatic N) is 2. The molecular weight excluding hydrogens is 230 g/mol. The number of benzene rings is 1. The lowest BCUT2D eigenvalue weighted by Gasteiger charge is -2.33. The first-order valence-corrected chi connectivity index (χ1v) is 6.94. The third kappa shape index (κ3) is 2.34. The molecule has 0 spiro atoms. The molecule has 1 fully saturated rings. The number of hydrogen-bond acceptors (Lipinski definition) is 4. The SMILES string of the molecule is CC1CNCCN1Cc1nc2ccccc2s1. The molecule has 3 rings (SSSR count). The molecule has 1 atom stereocenters. The van der Waals surface area contributed by atoms with E-state index in [1.54, 1.807) is 0 Å². The van der Waals surface area contributed by atoms with E-state index in [4.69, 9.17) is 4.98 Å². The summed E-state index contributed by atoms with van der Waals surface area (Å²) in [7, 11) is 0. The van der Waals surface area contributed by atoms with Crippen LogP contribution in [-0.4, -0.2) is 35.6 Å². The Morgan fingerprint density at radius 3 is 3.18 bits per heavy atom. The van der Waals surface area contributed by atoms with Gasteiger partial charge in [0.2, 0.25) is 0 Å². The van der Waals surface area contributed by atoms with Crippen LogP contribution in [0.4, 0.5) is 0 Å². The maximum absolute atomic E-state index is 4.70. The van der Waals surface area contributed by atoms with Crippen LogP contribution in [0.1, 0.15) is 11.9 Å². The number of aromatic nitrogens is 1. The number of fused-ring (bicyclic) bond motifs is 1. The molecule has 2 heterocycles. The summed E-state index contributed by atoms with van der Waals surface area (Å²) in [5.74, 6) is 0. The standard InChI is InChI=1S/C13H17N3S/c1-10-8-14-6-7-16(10)9-13-15-11-4-2-3-5-12(11)17-13/h2-5,10,14H,6-9H2,1H3. The summed E-state index contributed by atoms with van der Waals surface area (Å²) in [6.45, 7) is 6.57. The minimum atomic E-state index is 0.607. The Kier molecular flexibility index (Phi) is 3.09. The van der Waals surface area contributed by atoms with Crippen LogP contribution in [0.2, 0.25) is 0 Å². The zero-order chi connectivity index (χ0) is 11.7. The lowest BCUT2D eigenvalue weighted by Crippen LogP contribution is -2.49. The maximum Gasteiger partial charge on any atom is 0.108 e. The van der Waals surface area contributed by atoms with Crippen molar-refractivity contribution in [2.24, 2.45) is 0 Å². The highest BCUT2D eigenvalue weighted by atomic mass is 32.1. The Bertz CT molecular complexity index is 475. The number of nitrogens with one attached hydrogen (secondary N) is 1. The molecule has 1 aromatic heterocycles. The minimum Gasteiger partial charge on any atom is -0.314 e. The van der Waals surface area contributed by atoms with Crippen molar-refractivity contribution in [3.63, 3.8) is 0 Å². The summed E-state index contributed by atoms with van der Waals surface area (Å²) in [4.78, 5) is 7.21. The van der Waals surface area contributed by atoms with Crippen LogP contribution in [0.25, 0.3) is 10.2 Å². The monoisotopic (exact) mass is 247 g/mol. The average molecular weight is 247 g/mol. The summed E-state index contributed by atoms with van der Waals surface area (Å²) in [5.41, 5.74) is 1.13. The van der Waals surface area contributed by atoms with Gasteiger partial charge in [-0.05, 0) is 19.1 Å². The van der Waals surface area contributed by atoms with E-state index < -0.39 is 0 Å². The van der Waals surface area contributed by atoms with Gasteiger partial charge in [0.1, 0.15) is 5.01 Å². The minimum absolute atomic E-state index is 0.607. The van der Waals surface area contributed by atoms with Gasteiger partial charge in [0.15, 0.2) is 0 Å². The fourth-order valence-electron chi connectivity index (χ4n) is 2.28. The van der Waals surface area contributed by atoms with Crippen molar-refractivity contribution < 1.29 is 0 Å². The van der Waals surface area contributed by atoms with Crippen molar-refractivity contribution in [2.45, 2.75) is 19.5 Å². The van der Waals surface area contributed by atoms with E-state index in [0.717, 1.165) is 31.7 Å². The van der Waals surface area contributed by atoms with Gasteiger partial charge in [-0.25, -0.2) is 4.98 Å². The van der Waals surface area contributed by atoms with E-state index in [1.807, 2.05) is 11.3 Å². The summed E-state index contributed by atoms with van der Waals surface area (Å²) in [5, 5.41) is 4.65. The molecule has 0 aliphatic carbocycles. The van der Waals surface area contributed by atoms with Gasteiger partial charge in [0, 0.05) is 25.7 Å². The molecule has 0 saturated carbocycles. The molecule has 0 radical (unpaired) electrons. The predicted molar refractivity (Wildman–Crippen MR) is 72.4 cm³/mol. The van der Waals surface area contributed by atoms with Crippen LogP contribution in [0.5, 0.6) is 0 Å². The number of rotatable bonds is 2. The third-order valence-corrected chi connectivity index (χ3v) is 4.34. The highest BCUT2D eigenvalue weighted by Gasteiger charge is 2.19. The van der Waals surface area contributed by atoms with Crippen molar-refractivity contribution in [2.75, 3.05) is 19.6 Å². The Labute approximate surface area is 105 Å². The van der Waals surface area contributed by atoms with E-state index in [0.29, 0.717) is 6.04 Å². The maximum atomic E-state index is 4.70. The molecule has 1 unspecified atom stereocenters. The van der Waals surface area contributed by atoms with Gasteiger partial charge < -0.3 is 5.32 Å². The van der Waals surface area contributed by atoms with E-state index in [1.165, 1.54) is 9.71 Å². The normalized spacial score (nSPS) is 22.1. The second-order valence-electron chi connectivity index (χ2n) is 4.60. The highest BCUT2D eigenvalue weighted by molar-refractivity contribution is 7.18. The van der Waals surface area contributed by atoms with Gasteiger partial charge in [0.25, 0.3) is 0 Å². The second-order valence-corrected chi connectivity index (χ2v) is 5.71. The first-order chi connectivity index (χ1) is 8.33. The van der Waals surface area contributed by atoms with Crippen molar-refractivity contribution in [3.05, 3.63) is 29.3 Å². The van der Waals surface area contributed by atoms with Crippen molar-refractivity contribution in [3.8, 4) is 0 Å². The van der Waals surface area contributed by atoms with Gasteiger partial charge in [0.05, 0.1) is 16.8 Å². The molecular formula is C13H17N3S. The van der Waals surface area contributed by atoms with E-state index in [-0.39, 0.29) is 0 Å². The molecule has 3 nitrogen and oxygen atoms in total. The van der Waals surface area contributed by atoms with Gasteiger partial charge in [-0.1, -0.05) is 12.1 Å². The first kappa shape index (κ1) is 11.1. The number of hydrogen-bond donors (Lipinski definition) is 1. The van der Waals surface area contributed by atoms with Gasteiger partial charge in [-0.3, -0.25) is 4.90 Å². The zero-order valence-corrected chi connectivity index (χ0v) is 10.8. The number of para-hydroxylation sites is 1. The van der Waals surface area contributed by atoms with Crippen LogP contribution in [0.3, 0.4) is 0 Å². The number of piperazine rings is 1. The molecule has 1 saturated heterocycles. The lowest BCUT2D eigenvalue weighted by atomic mass is 10.2. The molecule has 1 aromatic carbocycles. The Morgan fingerprint density at radius 1 is 1.47 bits per heavy atom. The fraction of sp³-hybridized carbons (Fsp3) is 0.462. The van der Waals surface area contributed by atoms with Crippen LogP contribution in [0.15, 0.2) is 24.3 Å². The smallest absolute Gasteiger partial charge is 0.108 e. The third-order valence-electron chi connectivity index (χ3n) is 3.32. The Morgan fingerprint density at radius 2 is 2.35 bits per heavy atom. The van der Waals surface area contributed by atoms with Crippen LogP contribution in [0, 0.1) is 0 Å². The van der Waals surface area contributed by atoms with Gasteiger partial charge >= 0.3 is 0 Å². The molecule has 17 heavy (non-hydrogen) atoms. The van der Waals surface area contributed by atoms with Crippen molar-refractivity contribution in [1.82, 2.24) is 15.2 Å². The quantitative estimate of drug-likeness (QED) is 0.881. The van der Waals surface area contributed by atoms with Crippen molar-refractivity contribution >= 4 is 21.6 Å².